The maximum Gasteiger partial charge on any atom is 0.124 e. The maximum atomic E-state index is 9.30. The number of hydrogen-bond donors (Lipinski definition) is 1. The summed E-state index contributed by atoms with van der Waals surface area (Å²) < 4.78 is 1.22. The molecule has 19 heavy (non-hydrogen) atoms. The number of nitrogens with zero attached hydrogens (tertiary/aromatic N) is 1. The summed E-state index contributed by atoms with van der Waals surface area (Å²) in [5.74, 6) is 0.276. The maximum absolute atomic E-state index is 9.30. The number of aromatic hydroxyl groups is 1. The summed E-state index contributed by atoms with van der Waals surface area (Å²) in [5, 5.41) is 12.3. The standard InChI is InChI=1S/C15H10INOS/c16-12-5-1-10(2-6-12)14-9-19-15(17-14)11-3-7-13(18)8-4-11/h1-9,18H. The monoisotopic (exact) mass is 379 g/mol. The van der Waals surface area contributed by atoms with Crippen molar-refractivity contribution in [2.75, 3.05) is 0 Å². The zero-order chi connectivity index (χ0) is 13.2. The minimum Gasteiger partial charge on any atom is -0.508 e. The molecule has 0 bridgehead atoms. The zero-order valence-electron chi connectivity index (χ0n) is 9.88. The lowest BCUT2D eigenvalue weighted by Crippen LogP contribution is -1.80. The van der Waals surface area contributed by atoms with Crippen LogP contribution in [0.4, 0.5) is 0 Å². The lowest BCUT2D eigenvalue weighted by molar-refractivity contribution is 0.475. The first-order chi connectivity index (χ1) is 9.22. The van der Waals surface area contributed by atoms with Gasteiger partial charge in [0.1, 0.15) is 10.8 Å². The van der Waals surface area contributed by atoms with Crippen molar-refractivity contribution in [2.45, 2.75) is 0 Å². The number of thiazole rings is 1. The van der Waals surface area contributed by atoms with Crippen LogP contribution in [0.5, 0.6) is 5.75 Å². The van der Waals surface area contributed by atoms with Gasteiger partial charge >= 0.3 is 0 Å². The minimum atomic E-state index is 0.276. The minimum absolute atomic E-state index is 0.276. The summed E-state index contributed by atoms with van der Waals surface area (Å²) in [5.41, 5.74) is 3.14. The van der Waals surface area contributed by atoms with Gasteiger partial charge in [-0.2, -0.15) is 0 Å². The zero-order valence-corrected chi connectivity index (χ0v) is 12.9. The molecule has 2 nitrogen and oxygen atoms in total. The molecule has 3 rings (SSSR count). The van der Waals surface area contributed by atoms with Gasteiger partial charge in [-0.25, -0.2) is 4.98 Å². The van der Waals surface area contributed by atoms with Crippen molar-refractivity contribution < 1.29 is 5.11 Å². The fourth-order valence-electron chi connectivity index (χ4n) is 1.76. The predicted octanol–water partition coefficient (Wildman–Crippen LogP) is 4.79. The smallest absolute Gasteiger partial charge is 0.124 e. The molecule has 3 aromatic rings. The largest absolute Gasteiger partial charge is 0.508 e. The van der Waals surface area contributed by atoms with Gasteiger partial charge in [0.05, 0.1) is 5.69 Å². The molecule has 1 heterocycles. The number of benzene rings is 2. The van der Waals surface area contributed by atoms with Crippen LogP contribution in [0.15, 0.2) is 53.9 Å². The second kappa shape index (κ2) is 5.30. The van der Waals surface area contributed by atoms with Gasteiger partial charge in [0, 0.05) is 20.1 Å². The third-order valence-corrected chi connectivity index (χ3v) is 4.37. The van der Waals surface area contributed by atoms with Crippen molar-refractivity contribution in [1.29, 1.82) is 0 Å². The Hall–Kier alpha value is -1.40. The molecule has 0 radical (unpaired) electrons. The molecule has 0 saturated heterocycles. The Morgan fingerprint density at radius 1 is 0.895 bits per heavy atom. The normalized spacial score (nSPS) is 10.6. The van der Waals surface area contributed by atoms with E-state index in [-0.39, 0.29) is 5.75 Å². The van der Waals surface area contributed by atoms with Gasteiger partial charge in [0.2, 0.25) is 0 Å². The van der Waals surface area contributed by atoms with E-state index in [1.165, 1.54) is 3.57 Å². The molecule has 0 amide bonds. The number of phenolic OH excluding ortho intramolecular Hbond substituents is 1. The number of rotatable bonds is 2. The molecule has 2 aromatic carbocycles. The number of halogens is 1. The number of hydrogen-bond acceptors (Lipinski definition) is 3. The number of aromatic nitrogens is 1. The third kappa shape index (κ3) is 2.79. The first-order valence-corrected chi connectivity index (χ1v) is 7.69. The van der Waals surface area contributed by atoms with E-state index in [4.69, 9.17) is 0 Å². The molecule has 0 saturated carbocycles. The average Bonchev–Trinajstić information content (AvgIpc) is 2.90. The average molecular weight is 379 g/mol. The molecule has 0 aliphatic rings. The topological polar surface area (TPSA) is 33.1 Å². The Kier molecular flexibility index (Phi) is 3.52. The molecule has 0 spiro atoms. The van der Waals surface area contributed by atoms with Crippen LogP contribution >= 0.6 is 33.9 Å². The highest BCUT2D eigenvalue weighted by Crippen LogP contribution is 2.29. The predicted molar refractivity (Wildman–Crippen MR) is 87.4 cm³/mol. The van der Waals surface area contributed by atoms with Crippen molar-refractivity contribution in [3.05, 3.63) is 57.5 Å². The molecule has 0 fully saturated rings. The van der Waals surface area contributed by atoms with Crippen molar-refractivity contribution in [3.63, 3.8) is 0 Å². The highest BCUT2D eigenvalue weighted by atomic mass is 127. The highest BCUT2D eigenvalue weighted by Gasteiger charge is 2.06. The lowest BCUT2D eigenvalue weighted by Gasteiger charge is -1.98. The van der Waals surface area contributed by atoms with Gasteiger partial charge in [0.15, 0.2) is 0 Å². The molecule has 4 heteroatoms. The molecule has 1 aromatic heterocycles. The van der Waals surface area contributed by atoms with E-state index in [0.29, 0.717) is 0 Å². The summed E-state index contributed by atoms with van der Waals surface area (Å²) in [7, 11) is 0. The molecule has 1 N–H and O–H groups in total. The first kappa shape index (κ1) is 12.6. The summed E-state index contributed by atoms with van der Waals surface area (Å²) in [6, 6.07) is 15.4. The van der Waals surface area contributed by atoms with Crippen molar-refractivity contribution in [2.24, 2.45) is 0 Å². The van der Waals surface area contributed by atoms with Crippen molar-refractivity contribution in [1.82, 2.24) is 4.98 Å². The molecule has 0 unspecified atom stereocenters. The molecule has 0 aliphatic carbocycles. The van der Waals surface area contributed by atoms with Gasteiger partial charge < -0.3 is 5.11 Å². The van der Waals surface area contributed by atoms with Gasteiger partial charge in [-0.3, -0.25) is 0 Å². The van der Waals surface area contributed by atoms with Crippen molar-refractivity contribution >= 4 is 33.9 Å². The summed E-state index contributed by atoms with van der Waals surface area (Å²) in [4.78, 5) is 4.64. The molecular formula is C15H10INOS. The van der Waals surface area contributed by atoms with Crippen LogP contribution < -0.4 is 0 Å². The third-order valence-electron chi connectivity index (χ3n) is 2.76. The van der Waals surface area contributed by atoms with E-state index >= 15 is 0 Å². The van der Waals surface area contributed by atoms with Crippen LogP contribution in [0.3, 0.4) is 0 Å². The van der Waals surface area contributed by atoms with Crippen LogP contribution in [0.1, 0.15) is 0 Å². The van der Waals surface area contributed by atoms with E-state index in [0.717, 1.165) is 21.8 Å². The molecular weight excluding hydrogens is 369 g/mol. The van der Waals surface area contributed by atoms with Crippen LogP contribution in [-0.2, 0) is 0 Å². The Balaban J connectivity index is 1.95. The Morgan fingerprint density at radius 3 is 2.21 bits per heavy atom. The van der Waals surface area contributed by atoms with Crippen LogP contribution in [-0.4, -0.2) is 10.1 Å². The van der Waals surface area contributed by atoms with Gasteiger partial charge in [-0.15, -0.1) is 11.3 Å². The second-order valence-corrected chi connectivity index (χ2v) is 6.20. The van der Waals surface area contributed by atoms with Crippen molar-refractivity contribution in [3.8, 4) is 27.6 Å². The molecule has 0 atom stereocenters. The summed E-state index contributed by atoms with van der Waals surface area (Å²) in [6.07, 6.45) is 0. The molecule has 94 valence electrons. The van der Waals surface area contributed by atoms with E-state index in [9.17, 15) is 5.11 Å². The second-order valence-electron chi connectivity index (χ2n) is 4.09. The van der Waals surface area contributed by atoms with E-state index in [1.54, 1.807) is 23.5 Å². The Labute approximate surface area is 128 Å². The lowest BCUT2D eigenvalue weighted by atomic mass is 10.2. The summed E-state index contributed by atoms with van der Waals surface area (Å²) >= 11 is 3.90. The SMILES string of the molecule is Oc1ccc(-c2nc(-c3ccc(I)cc3)cs2)cc1. The van der Waals surface area contributed by atoms with Gasteiger partial charge in [-0.05, 0) is 59.0 Å². The van der Waals surface area contributed by atoms with E-state index in [2.05, 4.69) is 57.2 Å². The Morgan fingerprint density at radius 2 is 1.53 bits per heavy atom. The van der Waals surface area contributed by atoms with Crippen LogP contribution in [0, 0.1) is 3.57 Å². The van der Waals surface area contributed by atoms with E-state index < -0.39 is 0 Å². The fraction of sp³-hybridized carbons (Fsp3) is 0. The Bertz CT molecular complexity index is 629. The van der Waals surface area contributed by atoms with Crippen LogP contribution in [0.25, 0.3) is 21.8 Å². The quantitative estimate of drug-likeness (QED) is 0.650. The van der Waals surface area contributed by atoms with E-state index in [1.807, 2.05) is 12.1 Å². The van der Waals surface area contributed by atoms with Gasteiger partial charge in [-0.1, -0.05) is 12.1 Å². The fourth-order valence-corrected chi connectivity index (χ4v) is 2.96. The highest BCUT2D eigenvalue weighted by molar-refractivity contribution is 14.1. The van der Waals surface area contributed by atoms with Crippen LogP contribution in [0.2, 0.25) is 0 Å². The van der Waals surface area contributed by atoms with Gasteiger partial charge in [0.25, 0.3) is 0 Å². The summed E-state index contributed by atoms with van der Waals surface area (Å²) in [6.45, 7) is 0. The molecule has 0 aliphatic heterocycles. The number of phenols is 1. The first-order valence-electron chi connectivity index (χ1n) is 5.73.